The fourth-order valence-electron chi connectivity index (χ4n) is 3.31. The van der Waals surface area contributed by atoms with E-state index in [-0.39, 0.29) is 0 Å². The first kappa shape index (κ1) is 13.0. The molecule has 2 aliphatic heterocycles. The van der Waals surface area contributed by atoms with Gasteiger partial charge in [-0.3, -0.25) is 14.3 Å². The lowest BCUT2D eigenvalue weighted by atomic mass is 10.2. The Morgan fingerprint density at radius 2 is 2.24 bits per heavy atom. The summed E-state index contributed by atoms with van der Waals surface area (Å²) in [5.74, 6) is 0. The van der Waals surface area contributed by atoms with Gasteiger partial charge in [-0.1, -0.05) is 0 Å². The maximum atomic E-state index is 5.56. The summed E-state index contributed by atoms with van der Waals surface area (Å²) in [6.07, 6.45) is 7.26. The van der Waals surface area contributed by atoms with Gasteiger partial charge in [-0.15, -0.1) is 0 Å². The van der Waals surface area contributed by atoms with Gasteiger partial charge < -0.3 is 4.74 Å². The molecule has 0 amide bonds. The first-order valence-corrected chi connectivity index (χ1v) is 7.64. The van der Waals surface area contributed by atoms with Crippen LogP contribution in [0.15, 0.2) is 18.6 Å². The van der Waals surface area contributed by atoms with Gasteiger partial charge in [-0.2, -0.15) is 10.2 Å². The van der Waals surface area contributed by atoms with Gasteiger partial charge in [0.1, 0.15) is 0 Å². The summed E-state index contributed by atoms with van der Waals surface area (Å²) in [4.78, 5) is 2.49. The van der Waals surface area contributed by atoms with Crippen molar-refractivity contribution in [3.8, 4) is 0 Å². The van der Waals surface area contributed by atoms with Crippen molar-refractivity contribution in [2.24, 2.45) is 0 Å². The molecule has 2 aromatic heterocycles. The molecule has 1 fully saturated rings. The number of nitrogens with zero attached hydrogens (tertiary/aromatic N) is 5. The van der Waals surface area contributed by atoms with Crippen molar-refractivity contribution >= 4 is 0 Å². The van der Waals surface area contributed by atoms with Crippen molar-refractivity contribution in [1.82, 2.24) is 24.5 Å². The SMILES string of the molecule is Cc1cnn(C2CCN(Cc3cnn4c3COCC4)C2)c1. The zero-order chi connectivity index (χ0) is 14.2. The predicted octanol–water partition coefficient (Wildman–Crippen LogP) is 1.37. The number of aryl methyl sites for hydroxylation is 1. The predicted molar refractivity (Wildman–Crippen MR) is 77.8 cm³/mol. The lowest BCUT2D eigenvalue weighted by Crippen LogP contribution is -2.23. The van der Waals surface area contributed by atoms with Crippen LogP contribution in [0.4, 0.5) is 0 Å². The molecule has 1 unspecified atom stereocenters. The second-order valence-electron chi connectivity index (χ2n) is 6.07. The van der Waals surface area contributed by atoms with Crippen molar-refractivity contribution in [2.45, 2.75) is 39.1 Å². The van der Waals surface area contributed by atoms with Crippen LogP contribution in [-0.2, 0) is 24.4 Å². The molecule has 0 spiro atoms. The number of likely N-dealkylation sites (tertiary alicyclic amines) is 1. The van der Waals surface area contributed by atoms with Crippen LogP contribution in [0, 0.1) is 6.92 Å². The highest BCUT2D eigenvalue weighted by Gasteiger charge is 2.26. The van der Waals surface area contributed by atoms with E-state index in [2.05, 4.69) is 37.6 Å². The Hall–Kier alpha value is -1.66. The van der Waals surface area contributed by atoms with Crippen molar-refractivity contribution in [3.05, 3.63) is 35.4 Å². The number of ether oxygens (including phenoxy) is 1. The van der Waals surface area contributed by atoms with Gasteiger partial charge in [0.15, 0.2) is 0 Å². The summed E-state index contributed by atoms with van der Waals surface area (Å²) >= 11 is 0. The number of fused-ring (bicyclic) bond motifs is 1. The highest BCUT2D eigenvalue weighted by molar-refractivity contribution is 5.18. The fourth-order valence-corrected chi connectivity index (χ4v) is 3.31. The Labute approximate surface area is 124 Å². The molecule has 0 N–H and O–H groups in total. The molecule has 0 saturated carbocycles. The van der Waals surface area contributed by atoms with Crippen molar-refractivity contribution < 1.29 is 4.74 Å². The summed E-state index contributed by atoms with van der Waals surface area (Å²) in [6, 6.07) is 0.501. The molecule has 0 aliphatic carbocycles. The van der Waals surface area contributed by atoms with Crippen LogP contribution in [0.2, 0.25) is 0 Å². The van der Waals surface area contributed by atoms with Crippen LogP contribution in [0.1, 0.15) is 29.3 Å². The minimum absolute atomic E-state index is 0.501. The van der Waals surface area contributed by atoms with Crippen LogP contribution in [0.3, 0.4) is 0 Å². The summed E-state index contributed by atoms with van der Waals surface area (Å²) in [5.41, 5.74) is 3.79. The molecular weight excluding hydrogens is 266 g/mol. The summed E-state index contributed by atoms with van der Waals surface area (Å²) in [5, 5.41) is 8.92. The summed E-state index contributed by atoms with van der Waals surface area (Å²) in [6.45, 7) is 7.60. The second-order valence-corrected chi connectivity index (χ2v) is 6.07. The molecule has 21 heavy (non-hydrogen) atoms. The monoisotopic (exact) mass is 287 g/mol. The lowest BCUT2D eigenvalue weighted by molar-refractivity contribution is 0.0788. The Morgan fingerprint density at radius 3 is 3.10 bits per heavy atom. The molecule has 112 valence electrons. The molecule has 0 aromatic carbocycles. The third-order valence-corrected chi connectivity index (χ3v) is 4.47. The quantitative estimate of drug-likeness (QED) is 0.855. The number of rotatable bonds is 3. The van der Waals surface area contributed by atoms with E-state index in [1.807, 2.05) is 12.4 Å². The number of hydrogen-bond acceptors (Lipinski definition) is 4. The van der Waals surface area contributed by atoms with Crippen LogP contribution in [-0.4, -0.2) is 44.2 Å². The highest BCUT2D eigenvalue weighted by Crippen LogP contribution is 2.24. The zero-order valence-corrected chi connectivity index (χ0v) is 12.4. The van der Waals surface area contributed by atoms with Crippen LogP contribution < -0.4 is 0 Å². The van der Waals surface area contributed by atoms with E-state index in [9.17, 15) is 0 Å². The van der Waals surface area contributed by atoms with E-state index in [0.717, 1.165) is 32.8 Å². The first-order valence-electron chi connectivity index (χ1n) is 7.64. The minimum atomic E-state index is 0.501. The van der Waals surface area contributed by atoms with E-state index in [4.69, 9.17) is 4.74 Å². The third kappa shape index (κ3) is 2.49. The van der Waals surface area contributed by atoms with E-state index in [1.165, 1.54) is 23.2 Å². The normalized spacial score (nSPS) is 22.6. The van der Waals surface area contributed by atoms with Crippen LogP contribution in [0.5, 0.6) is 0 Å². The summed E-state index contributed by atoms with van der Waals surface area (Å²) in [7, 11) is 0. The molecule has 6 nitrogen and oxygen atoms in total. The number of aromatic nitrogens is 4. The highest BCUT2D eigenvalue weighted by atomic mass is 16.5. The Kier molecular flexibility index (Phi) is 3.27. The van der Waals surface area contributed by atoms with Gasteiger partial charge in [0, 0.05) is 31.4 Å². The Morgan fingerprint density at radius 1 is 1.29 bits per heavy atom. The average molecular weight is 287 g/mol. The molecule has 1 atom stereocenters. The molecular formula is C15H21N5O. The second kappa shape index (κ2) is 5.27. The van der Waals surface area contributed by atoms with E-state index >= 15 is 0 Å². The van der Waals surface area contributed by atoms with Gasteiger partial charge in [0.25, 0.3) is 0 Å². The Bertz CT molecular complexity index is 632. The standard InChI is InChI=1S/C15H21N5O/c1-12-6-16-20(8-12)14-2-3-18(10-14)9-13-7-17-19-4-5-21-11-15(13)19/h6-8,14H,2-5,9-11H2,1H3. The molecule has 1 saturated heterocycles. The van der Waals surface area contributed by atoms with Crippen molar-refractivity contribution in [3.63, 3.8) is 0 Å². The molecule has 4 rings (SSSR count). The topological polar surface area (TPSA) is 48.1 Å². The maximum absolute atomic E-state index is 5.56. The molecule has 0 bridgehead atoms. The van der Waals surface area contributed by atoms with Gasteiger partial charge in [0.05, 0.1) is 43.9 Å². The van der Waals surface area contributed by atoms with Gasteiger partial charge in [-0.05, 0) is 18.9 Å². The summed E-state index contributed by atoms with van der Waals surface area (Å²) < 4.78 is 9.76. The molecule has 0 radical (unpaired) electrons. The van der Waals surface area contributed by atoms with E-state index in [0.29, 0.717) is 12.6 Å². The van der Waals surface area contributed by atoms with Crippen molar-refractivity contribution in [1.29, 1.82) is 0 Å². The molecule has 4 heterocycles. The Balaban J connectivity index is 1.43. The average Bonchev–Trinajstić information content (AvgIpc) is 3.20. The van der Waals surface area contributed by atoms with Crippen LogP contribution >= 0.6 is 0 Å². The van der Waals surface area contributed by atoms with Gasteiger partial charge in [0.2, 0.25) is 0 Å². The maximum Gasteiger partial charge on any atom is 0.0889 e. The lowest BCUT2D eigenvalue weighted by Gasteiger charge is -2.19. The smallest absolute Gasteiger partial charge is 0.0889 e. The molecule has 6 heteroatoms. The third-order valence-electron chi connectivity index (χ3n) is 4.47. The fraction of sp³-hybridized carbons (Fsp3) is 0.600. The van der Waals surface area contributed by atoms with Gasteiger partial charge in [-0.25, -0.2) is 0 Å². The first-order chi connectivity index (χ1) is 10.3. The van der Waals surface area contributed by atoms with Gasteiger partial charge >= 0.3 is 0 Å². The number of hydrogen-bond donors (Lipinski definition) is 0. The van der Waals surface area contributed by atoms with Crippen LogP contribution in [0.25, 0.3) is 0 Å². The largest absolute Gasteiger partial charge is 0.373 e. The van der Waals surface area contributed by atoms with Crippen molar-refractivity contribution in [2.75, 3.05) is 19.7 Å². The minimum Gasteiger partial charge on any atom is -0.373 e. The zero-order valence-electron chi connectivity index (χ0n) is 12.4. The molecule has 2 aliphatic rings. The van der Waals surface area contributed by atoms with E-state index in [1.54, 1.807) is 0 Å². The molecule has 2 aromatic rings. The van der Waals surface area contributed by atoms with E-state index < -0.39 is 0 Å².